The number of carbonyl (C=O) groups is 3. The lowest BCUT2D eigenvalue weighted by atomic mass is 9.77. The summed E-state index contributed by atoms with van der Waals surface area (Å²) in [5.41, 5.74) is -3.54. The first-order chi connectivity index (χ1) is 17.3. The van der Waals surface area contributed by atoms with E-state index in [1.165, 1.54) is 41.0 Å². The van der Waals surface area contributed by atoms with E-state index in [9.17, 15) is 31.9 Å². The van der Waals surface area contributed by atoms with E-state index >= 15 is 0 Å². The van der Waals surface area contributed by atoms with Gasteiger partial charge in [0.15, 0.2) is 5.54 Å². The molecule has 0 bridgehead atoms. The van der Waals surface area contributed by atoms with Crippen LogP contribution in [-0.2, 0) is 26.1 Å². The largest absolute Gasteiger partial charge is 0.416 e. The molecule has 4 rings (SSSR count). The fourth-order valence-corrected chi connectivity index (χ4v) is 5.38. The van der Waals surface area contributed by atoms with Crippen molar-refractivity contribution >= 4 is 33.7 Å². The molecule has 2 fully saturated rings. The molecule has 2 aliphatic heterocycles. The monoisotopic (exact) mass is 529 g/mol. The normalized spacial score (nSPS) is 18.9. The lowest BCUT2D eigenvalue weighted by molar-refractivity contribution is -0.178. The SMILES string of the molecule is CC(=O)N1CC2(C1)C(=O)N(c1ccc(C#N)cc1F)CC(=O)N2C(C)(C[Si])c1ccc(C(F)(F)F)cc1. The van der Waals surface area contributed by atoms with Crippen LogP contribution in [0.25, 0.3) is 0 Å². The Kier molecular flexibility index (Phi) is 6.40. The number of rotatable bonds is 4. The van der Waals surface area contributed by atoms with Gasteiger partial charge in [0.25, 0.3) is 5.91 Å². The molecular formula is C25H21F4N4O3Si. The number of hydrogen-bond acceptors (Lipinski definition) is 4. The van der Waals surface area contributed by atoms with E-state index in [0.29, 0.717) is 5.56 Å². The molecule has 0 aromatic heterocycles. The van der Waals surface area contributed by atoms with Crippen molar-refractivity contribution in [2.45, 2.75) is 37.1 Å². The molecule has 3 amide bonds. The highest BCUT2D eigenvalue weighted by molar-refractivity contribution is 6.13. The van der Waals surface area contributed by atoms with E-state index in [-0.39, 0.29) is 36.3 Å². The maximum absolute atomic E-state index is 14.9. The van der Waals surface area contributed by atoms with Crippen LogP contribution >= 0.6 is 0 Å². The van der Waals surface area contributed by atoms with Gasteiger partial charge in [-0.25, -0.2) is 4.39 Å². The average molecular weight is 530 g/mol. The number of hydrogen-bond donors (Lipinski definition) is 0. The Morgan fingerprint density at radius 3 is 2.19 bits per heavy atom. The predicted molar refractivity (Wildman–Crippen MR) is 125 cm³/mol. The lowest BCUT2D eigenvalue weighted by Gasteiger charge is -2.62. The third-order valence-electron chi connectivity index (χ3n) is 7.00. The van der Waals surface area contributed by atoms with Crippen molar-refractivity contribution in [3.05, 3.63) is 65.0 Å². The first kappa shape index (κ1) is 26.3. The van der Waals surface area contributed by atoms with Gasteiger partial charge in [-0.3, -0.25) is 19.3 Å². The molecule has 1 atom stereocenters. The summed E-state index contributed by atoms with van der Waals surface area (Å²) in [5, 5.41) is 9.03. The summed E-state index contributed by atoms with van der Waals surface area (Å²) >= 11 is 0. The first-order valence-electron chi connectivity index (χ1n) is 11.2. The molecule has 37 heavy (non-hydrogen) atoms. The van der Waals surface area contributed by atoms with Gasteiger partial charge in [-0.15, -0.1) is 0 Å². The van der Waals surface area contributed by atoms with E-state index in [2.05, 4.69) is 10.2 Å². The maximum atomic E-state index is 14.9. The predicted octanol–water partition coefficient (Wildman–Crippen LogP) is 2.99. The van der Waals surface area contributed by atoms with Crippen molar-refractivity contribution in [3.63, 3.8) is 0 Å². The van der Waals surface area contributed by atoms with Crippen molar-refractivity contribution < 1.29 is 31.9 Å². The number of amides is 3. The maximum Gasteiger partial charge on any atom is 0.416 e. The number of likely N-dealkylation sites (tertiary alicyclic amines) is 1. The van der Waals surface area contributed by atoms with Crippen LogP contribution in [0.2, 0.25) is 6.04 Å². The van der Waals surface area contributed by atoms with E-state index < -0.39 is 47.0 Å². The molecule has 2 aromatic carbocycles. The van der Waals surface area contributed by atoms with Crippen LogP contribution in [0.5, 0.6) is 0 Å². The summed E-state index contributed by atoms with van der Waals surface area (Å²) in [6, 6.07) is 9.69. The zero-order valence-corrected chi connectivity index (χ0v) is 20.9. The van der Waals surface area contributed by atoms with Crippen molar-refractivity contribution in [2.75, 3.05) is 24.5 Å². The Morgan fingerprint density at radius 2 is 1.70 bits per heavy atom. The summed E-state index contributed by atoms with van der Waals surface area (Å²) in [5.74, 6) is -2.40. The van der Waals surface area contributed by atoms with Gasteiger partial charge in [0.05, 0.1) is 41.5 Å². The molecule has 12 heteroatoms. The molecule has 0 N–H and O–H groups in total. The lowest BCUT2D eigenvalue weighted by Crippen LogP contribution is -2.83. The van der Waals surface area contributed by atoms with Crippen LogP contribution in [0, 0.1) is 17.1 Å². The molecule has 0 saturated carbocycles. The van der Waals surface area contributed by atoms with Gasteiger partial charge in [0.1, 0.15) is 12.4 Å². The van der Waals surface area contributed by atoms with Crippen molar-refractivity contribution in [1.29, 1.82) is 5.26 Å². The van der Waals surface area contributed by atoms with Gasteiger partial charge in [-0.1, -0.05) is 12.1 Å². The molecule has 0 aliphatic carbocycles. The van der Waals surface area contributed by atoms with Crippen molar-refractivity contribution in [1.82, 2.24) is 9.80 Å². The Balaban J connectivity index is 1.80. The second kappa shape index (κ2) is 8.99. The van der Waals surface area contributed by atoms with E-state index in [1.54, 1.807) is 13.0 Å². The van der Waals surface area contributed by atoms with Gasteiger partial charge in [-0.2, -0.15) is 18.4 Å². The average Bonchev–Trinajstić information content (AvgIpc) is 2.82. The van der Waals surface area contributed by atoms with Gasteiger partial charge in [0.2, 0.25) is 11.8 Å². The molecule has 2 aliphatic rings. The smallest absolute Gasteiger partial charge is 0.337 e. The quantitative estimate of drug-likeness (QED) is 0.450. The third-order valence-corrected chi connectivity index (χ3v) is 7.69. The summed E-state index contributed by atoms with van der Waals surface area (Å²) in [6.45, 7) is 2.06. The highest BCUT2D eigenvalue weighted by Crippen LogP contribution is 2.45. The standard InChI is InChI=1S/C25H21F4N4O3Si/c1-15(34)31-12-24(13-31)22(36)32(20-8-3-16(10-30)9-19(20)26)11-21(35)33(24)23(2,14-37)17-4-6-18(7-5-17)25(27,28)29/h3-9H,11-14H2,1-2H3. The van der Waals surface area contributed by atoms with Crippen LogP contribution in [-0.4, -0.2) is 62.9 Å². The number of benzene rings is 2. The van der Waals surface area contributed by atoms with Gasteiger partial charge >= 0.3 is 6.18 Å². The number of anilines is 1. The number of carbonyl (C=O) groups excluding carboxylic acids is 3. The molecule has 2 heterocycles. The van der Waals surface area contributed by atoms with Gasteiger partial charge < -0.3 is 9.80 Å². The van der Waals surface area contributed by atoms with Crippen LogP contribution < -0.4 is 4.90 Å². The Labute approximate surface area is 213 Å². The van der Waals surface area contributed by atoms with Crippen molar-refractivity contribution in [3.8, 4) is 6.07 Å². The number of alkyl halides is 3. The molecule has 7 nitrogen and oxygen atoms in total. The second-order valence-electron chi connectivity index (χ2n) is 9.33. The molecule has 191 valence electrons. The van der Waals surface area contributed by atoms with E-state index in [4.69, 9.17) is 5.26 Å². The summed E-state index contributed by atoms with van der Waals surface area (Å²) in [7, 11) is 3.43. The molecule has 2 aromatic rings. The zero-order valence-electron chi connectivity index (χ0n) is 19.9. The second-order valence-corrected chi connectivity index (χ2v) is 9.68. The summed E-state index contributed by atoms with van der Waals surface area (Å²) < 4.78 is 54.3. The molecule has 1 unspecified atom stereocenters. The summed E-state index contributed by atoms with van der Waals surface area (Å²) in [4.78, 5) is 43.3. The number of nitrogens with zero attached hydrogens (tertiary/aromatic N) is 4. The highest BCUT2D eigenvalue weighted by atomic mass is 28.1. The minimum absolute atomic E-state index is 0.0358. The molecule has 3 radical (unpaired) electrons. The third kappa shape index (κ3) is 4.17. The van der Waals surface area contributed by atoms with E-state index in [0.717, 1.165) is 23.1 Å². The van der Waals surface area contributed by atoms with Crippen LogP contribution in [0.3, 0.4) is 0 Å². The minimum atomic E-state index is -4.55. The first-order valence-corrected chi connectivity index (χ1v) is 11.9. The topological polar surface area (TPSA) is 84.7 Å². The van der Waals surface area contributed by atoms with Crippen LogP contribution in [0.4, 0.5) is 23.2 Å². The number of halogens is 4. The number of piperazine rings is 1. The van der Waals surface area contributed by atoms with Crippen LogP contribution in [0.1, 0.15) is 30.5 Å². The van der Waals surface area contributed by atoms with E-state index in [1.807, 2.05) is 0 Å². The fourth-order valence-electron chi connectivity index (χ4n) is 5.01. The Bertz CT molecular complexity index is 1320. The van der Waals surface area contributed by atoms with Gasteiger partial charge in [-0.05, 0) is 48.9 Å². The molecule has 1 spiro atoms. The van der Waals surface area contributed by atoms with Crippen LogP contribution in [0.15, 0.2) is 42.5 Å². The fraction of sp³-hybridized carbons (Fsp3) is 0.360. The Morgan fingerprint density at radius 1 is 1.11 bits per heavy atom. The highest BCUT2D eigenvalue weighted by Gasteiger charge is 2.64. The van der Waals surface area contributed by atoms with Crippen molar-refractivity contribution in [2.24, 2.45) is 0 Å². The molecule has 2 saturated heterocycles. The number of nitriles is 1. The minimum Gasteiger partial charge on any atom is -0.337 e. The zero-order chi connectivity index (χ0) is 27.3. The summed E-state index contributed by atoms with van der Waals surface area (Å²) in [6.07, 6.45) is -4.55. The molecular weight excluding hydrogens is 508 g/mol. The van der Waals surface area contributed by atoms with Gasteiger partial charge in [0, 0.05) is 17.2 Å². The Hall–Kier alpha value is -3.72.